The molecular weight excluding hydrogens is 247 g/mol. The molecule has 1 aliphatic rings. The summed E-state index contributed by atoms with van der Waals surface area (Å²) in [6, 6.07) is 3.66. The van der Waals surface area contributed by atoms with Crippen LogP contribution in [0.1, 0.15) is 16.7 Å². The van der Waals surface area contributed by atoms with Crippen LogP contribution in [0.25, 0.3) is 5.57 Å². The van der Waals surface area contributed by atoms with Crippen LogP contribution in [0.3, 0.4) is 0 Å². The Balaban J connectivity index is 2.55. The van der Waals surface area contributed by atoms with Crippen LogP contribution in [0.15, 0.2) is 24.1 Å². The van der Waals surface area contributed by atoms with E-state index < -0.39 is 17.5 Å². The summed E-state index contributed by atoms with van der Waals surface area (Å²) < 4.78 is 43.1. The third kappa shape index (κ3) is 2.05. The molecule has 96 valence electrons. The Morgan fingerprint density at radius 1 is 1.33 bits per heavy atom. The van der Waals surface area contributed by atoms with Crippen molar-refractivity contribution < 1.29 is 22.7 Å². The quantitative estimate of drug-likeness (QED) is 0.839. The second-order valence-electron chi connectivity index (χ2n) is 3.98. The SMILES string of the molecule is Cc1ccc(C2=C(N)OCC2=O)cc1C(F)(F)F. The number of aryl methyl sites for hydroxylation is 1. The number of ketones is 1. The highest BCUT2D eigenvalue weighted by Gasteiger charge is 2.34. The number of carbonyl (C=O) groups is 1. The molecule has 2 N–H and O–H groups in total. The molecule has 0 fully saturated rings. The standard InChI is InChI=1S/C12H10F3NO2/c1-6-2-3-7(4-8(6)12(13,14)15)10-9(17)5-18-11(10)16/h2-4H,5,16H2,1H3. The maximum atomic E-state index is 12.7. The molecule has 0 aromatic heterocycles. The van der Waals surface area contributed by atoms with Crippen molar-refractivity contribution >= 4 is 11.4 Å². The molecule has 1 aromatic carbocycles. The van der Waals surface area contributed by atoms with E-state index in [2.05, 4.69) is 0 Å². The van der Waals surface area contributed by atoms with E-state index in [1.54, 1.807) is 0 Å². The molecule has 2 rings (SSSR count). The van der Waals surface area contributed by atoms with Gasteiger partial charge in [-0.1, -0.05) is 12.1 Å². The van der Waals surface area contributed by atoms with Crippen LogP contribution in [-0.2, 0) is 15.7 Å². The summed E-state index contributed by atoms with van der Waals surface area (Å²) >= 11 is 0. The van der Waals surface area contributed by atoms with E-state index in [4.69, 9.17) is 10.5 Å². The zero-order valence-corrected chi connectivity index (χ0v) is 9.47. The number of halogens is 3. The van der Waals surface area contributed by atoms with Crippen molar-refractivity contribution in [2.24, 2.45) is 5.73 Å². The second-order valence-corrected chi connectivity index (χ2v) is 3.98. The number of hydrogen-bond donors (Lipinski definition) is 1. The maximum Gasteiger partial charge on any atom is 0.416 e. The van der Waals surface area contributed by atoms with Gasteiger partial charge in [-0.3, -0.25) is 4.79 Å². The van der Waals surface area contributed by atoms with Crippen molar-refractivity contribution in [2.45, 2.75) is 13.1 Å². The average Bonchev–Trinajstić information content (AvgIpc) is 2.58. The van der Waals surface area contributed by atoms with Crippen LogP contribution in [-0.4, -0.2) is 12.4 Å². The highest BCUT2D eigenvalue weighted by Crippen LogP contribution is 2.34. The first-order valence-electron chi connectivity index (χ1n) is 5.14. The Kier molecular flexibility index (Phi) is 2.80. The summed E-state index contributed by atoms with van der Waals surface area (Å²) in [5, 5.41) is 0. The molecule has 1 heterocycles. The molecule has 3 nitrogen and oxygen atoms in total. The first kappa shape index (κ1) is 12.5. The lowest BCUT2D eigenvalue weighted by atomic mass is 9.98. The molecule has 0 aliphatic carbocycles. The van der Waals surface area contributed by atoms with Gasteiger partial charge in [-0.15, -0.1) is 0 Å². The summed E-state index contributed by atoms with van der Waals surface area (Å²) in [4.78, 5) is 11.5. The van der Waals surface area contributed by atoms with Gasteiger partial charge in [0, 0.05) is 0 Å². The van der Waals surface area contributed by atoms with Gasteiger partial charge < -0.3 is 10.5 Å². The first-order chi connectivity index (χ1) is 8.30. The van der Waals surface area contributed by atoms with Crippen molar-refractivity contribution in [3.8, 4) is 0 Å². The van der Waals surface area contributed by atoms with Crippen molar-refractivity contribution in [3.05, 3.63) is 40.8 Å². The van der Waals surface area contributed by atoms with Crippen molar-refractivity contribution in [2.75, 3.05) is 6.61 Å². The Morgan fingerprint density at radius 2 is 2.00 bits per heavy atom. The molecule has 0 bridgehead atoms. The molecule has 0 saturated heterocycles. The highest BCUT2D eigenvalue weighted by atomic mass is 19.4. The number of Topliss-reactive ketones (excluding diaryl/α,β-unsaturated/α-hetero) is 1. The van der Waals surface area contributed by atoms with Gasteiger partial charge in [0.1, 0.15) is 0 Å². The lowest BCUT2D eigenvalue weighted by Crippen LogP contribution is -2.09. The van der Waals surface area contributed by atoms with E-state index in [-0.39, 0.29) is 29.2 Å². The number of alkyl halides is 3. The molecular formula is C12H10F3NO2. The van der Waals surface area contributed by atoms with Crippen molar-refractivity contribution in [3.63, 3.8) is 0 Å². The van der Waals surface area contributed by atoms with Crippen molar-refractivity contribution in [1.29, 1.82) is 0 Å². The fraction of sp³-hybridized carbons (Fsp3) is 0.250. The van der Waals surface area contributed by atoms with Crippen LogP contribution >= 0.6 is 0 Å². The zero-order chi connectivity index (χ0) is 13.5. The lowest BCUT2D eigenvalue weighted by Gasteiger charge is -2.12. The largest absolute Gasteiger partial charge is 0.470 e. The van der Waals surface area contributed by atoms with Gasteiger partial charge in [0.15, 0.2) is 12.5 Å². The third-order valence-corrected chi connectivity index (χ3v) is 2.72. The van der Waals surface area contributed by atoms with Gasteiger partial charge in [-0.2, -0.15) is 13.2 Å². The fourth-order valence-electron chi connectivity index (χ4n) is 1.81. The summed E-state index contributed by atoms with van der Waals surface area (Å²) in [7, 11) is 0. The van der Waals surface area contributed by atoms with E-state index in [0.717, 1.165) is 6.07 Å². The normalized spacial score (nSPS) is 16.1. The summed E-state index contributed by atoms with van der Waals surface area (Å²) in [6.45, 7) is 1.13. The van der Waals surface area contributed by atoms with Gasteiger partial charge in [0.25, 0.3) is 0 Å². The molecule has 1 aliphatic heterocycles. The fourth-order valence-corrected chi connectivity index (χ4v) is 1.81. The predicted octanol–water partition coefficient (Wildman–Crippen LogP) is 2.24. The van der Waals surface area contributed by atoms with E-state index in [1.807, 2.05) is 0 Å². The van der Waals surface area contributed by atoms with Crippen LogP contribution < -0.4 is 5.73 Å². The van der Waals surface area contributed by atoms with Gasteiger partial charge in [0.2, 0.25) is 5.78 Å². The zero-order valence-electron chi connectivity index (χ0n) is 9.47. The molecule has 0 spiro atoms. The third-order valence-electron chi connectivity index (χ3n) is 2.72. The van der Waals surface area contributed by atoms with E-state index >= 15 is 0 Å². The number of benzene rings is 1. The number of hydrogen-bond acceptors (Lipinski definition) is 3. The topological polar surface area (TPSA) is 52.3 Å². The Labute approximate surface area is 101 Å². The molecule has 1 aromatic rings. The summed E-state index contributed by atoms with van der Waals surface area (Å²) in [5.41, 5.74) is 4.92. The molecule has 6 heteroatoms. The minimum absolute atomic E-state index is 0.0144. The monoisotopic (exact) mass is 257 g/mol. The second kappa shape index (κ2) is 4.04. The van der Waals surface area contributed by atoms with Crippen molar-refractivity contribution in [1.82, 2.24) is 0 Å². The van der Waals surface area contributed by atoms with Gasteiger partial charge in [0.05, 0.1) is 11.1 Å². The Hall–Kier alpha value is -1.98. The van der Waals surface area contributed by atoms with Gasteiger partial charge >= 0.3 is 6.18 Å². The smallest absolute Gasteiger partial charge is 0.416 e. The van der Waals surface area contributed by atoms with E-state index in [1.165, 1.54) is 19.1 Å². The summed E-state index contributed by atoms with van der Waals surface area (Å²) in [6.07, 6.45) is -4.46. The number of ether oxygens (including phenoxy) is 1. The van der Waals surface area contributed by atoms with Crippen LogP contribution in [0.2, 0.25) is 0 Å². The number of rotatable bonds is 1. The first-order valence-corrected chi connectivity index (χ1v) is 5.14. The lowest BCUT2D eigenvalue weighted by molar-refractivity contribution is -0.138. The van der Waals surface area contributed by atoms with Crippen LogP contribution in [0.5, 0.6) is 0 Å². The average molecular weight is 257 g/mol. The van der Waals surface area contributed by atoms with Crippen LogP contribution in [0.4, 0.5) is 13.2 Å². The minimum atomic E-state index is -4.46. The molecule has 18 heavy (non-hydrogen) atoms. The summed E-state index contributed by atoms with van der Waals surface area (Å²) in [5.74, 6) is -0.540. The predicted molar refractivity (Wildman–Crippen MR) is 58.2 cm³/mol. The Morgan fingerprint density at radius 3 is 2.50 bits per heavy atom. The number of carbonyl (C=O) groups excluding carboxylic acids is 1. The number of nitrogens with two attached hydrogens (primary N) is 1. The van der Waals surface area contributed by atoms with E-state index in [9.17, 15) is 18.0 Å². The molecule has 0 unspecified atom stereocenters. The maximum absolute atomic E-state index is 12.7. The van der Waals surface area contributed by atoms with Crippen LogP contribution in [0, 0.1) is 6.92 Å². The van der Waals surface area contributed by atoms with Gasteiger partial charge in [-0.25, -0.2) is 0 Å². The van der Waals surface area contributed by atoms with E-state index in [0.29, 0.717) is 0 Å². The molecule has 0 amide bonds. The van der Waals surface area contributed by atoms with Gasteiger partial charge in [-0.05, 0) is 24.1 Å². The Bertz CT molecular complexity index is 547. The molecule has 0 saturated carbocycles. The minimum Gasteiger partial charge on any atom is -0.470 e. The molecule has 0 radical (unpaired) electrons. The molecule has 0 atom stereocenters. The highest BCUT2D eigenvalue weighted by molar-refractivity contribution is 6.23.